The average molecular weight is 198 g/mol. The lowest BCUT2D eigenvalue weighted by molar-refractivity contribution is -0.125. The summed E-state index contributed by atoms with van der Waals surface area (Å²) in [5, 5.41) is 5.38. The highest BCUT2D eigenvalue weighted by atomic mass is 19.4. The van der Waals surface area contributed by atoms with Crippen LogP contribution in [0, 0.1) is 0 Å². The third-order valence-electron chi connectivity index (χ3n) is 1.71. The largest absolute Gasteiger partial charge is 0.401 e. The molecule has 0 saturated carbocycles. The Kier molecular flexibility index (Phi) is 3.95. The fourth-order valence-corrected chi connectivity index (χ4v) is 1.14. The number of alkyl halides is 3. The van der Waals surface area contributed by atoms with Crippen molar-refractivity contribution in [3.8, 4) is 0 Å². The van der Waals surface area contributed by atoms with Gasteiger partial charge in [-0.2, -0.15) is 13.2 Å². The number of morpholine rings is 1. The summed E-state index contributed by atoms with van der Waals surface area (Å²) < 4.78 is 40.2. The van der Waals surface area contributed by atoms with Crippen LogP contribution in [0.2, 0.25) is 0 Å². The first kappa shape index (κ1) is 10.7. The van der Waals surface area contributed by atoms with Gasteiger partial charge >= 0.3 is 6.18 Å². The second-order valence-electron chi connectivity index (χ2n) is 2.97. The maximum Gasteiger partial charge on any atom is 0.401 e. The van der Waals surface area contributed by atoms with E-state index in [2.05, 4.69) is 10.6 Å². The lowest BCUT2D eigenvalue weighted by Gasteiger charge is -2.24. The van der Waals surface area contributed by atoms with Gasteiger partial charge in [0, 0.05) is 19.1 Å². The van der Waals surface area contributed by atoms with Crippen LogP contribution in [0.15, 0.2) is 0 Å². The van der Waals surface area contributed by atoms with E-state index in [9.17, 15) is 13.2 Å². The van der Waals surface area contributed by atoms with E-state index in [1.165, 1.54) is 0 Å². The Balaban J connectivity index is 2.04. The molecule has 1 heterocycles. The van der Waals surface area contributed by atoms with E-state index in [0.29, 0.717) is 26.3 Å². The fraction of sp³-hybridized carbons (Fsp3) is 1.00. The van der Waals surface area contributed by atoms with Gasteiger partial charge in [0.25, 0.3) is 0 Å². The number of hydrogen-bond acceptors (Lipinski definition) is 3. The molecule has 0 radical (unpaired) electrons. The summed E-state index contributed by atoms with van der Waals surface area (Å²) >= 11 is 0. The van der Waals surface area contributed by atoms with E-state index in [1.54, 1.807) is 0 Å². The standard InChI is InChI=1S/C7H13F3N2O/c8-7(9,10)5-11-3-6-4-13-2-1-12-6/h6,11-12H,1-5H2. The summed E-state index contributed by atoms with van der Waals surface area (Å²) in [5.74, 6) is 0. The van der Waals surface area contributed by atoms with E-state index in [4.69, 9.17) is 4.74 Å². The van der Waals surface area contributed by atoms with Crippen LogP contribution in [0.25, 0.3) is 0 Å². The number of hydrogen-bond donors (Lipinski definition) is 2. The molecule has 0 aromatic heterocycles. The summed E-state index contributed by atoms with van der Waals surface area (Å²) in [6, 6.07) is -0.00361. The highest BCUT2D eigenvalue weighted by molar-refractivity contribution is 4.73. The van der Waals surface area contributed by atoms with Gasteiger partial charge in [-0.1, -0.05) is 0 Å². The molecule has 0 amide bonds. The molecule has 0 bridgehead atoms. The van der Waals surface area contributed by atoms with Crippen molar-refractivity contribution in [2.24, 2.45) is 0 Å². The normalized spacial score (nSPS) is 24.7. The Morgan fingerprint density at radius 1 is 1.46 bits per heavy atom. The minimum atomic E-state index is -4.13. The predicted molar refractivity (Wildman–Crippen MR) is 41.5 cm³/mol. The van der Waals surface area contributed by atoms with Crippen LogP contribution in [-0.4, -0.2) is 45.1 Å². The number of rotatable bonds is 3. The van der Waals surface area contributed by atoms with E-state index < -0.39 is 12.7 Å². The molecule has 1 fully saturated rings. The molecule has 0 aromatic carbocycles. The van der Waals surface area contributed by atoms with E-state index >= 15 is 0 Å². The second-order valence-corrected chi connectivity index (χ2v) is 2.97. The van der Waals surface area contributed by atoms with Crippen molar-refractivity contribution < 1.29 is 17.9 Å². The molecule has 3 nitrogen and oxygen atoms in total. The van der Waals surface area contributed by atoms with Gasteiger partial charge in [-0.15, -0.1) is 0 Å². The van der Waals surface area contributed by atoms with Crippen molar-refractivity contribution in [1.82, 2.24) is 10.6 Å². The van der Waals surface area contributed by atoms with Crippen LogP contribution in [0.3, 0.4) is 0 Å². The zero-order valence-corrected chi connectivity index (χ0v) is 7.16. The van der Waals surface area contributed by atoms with Crippen molar-refractivity contribution in [2.75, 3.05) is 32.8 Å². The van der Waals surface area contributed by atoms with Crippen molar-refractivity contribution in [2.45, 2.75) is 12.2 Å². The third-order valence-corrected chi connectivity index (χ3v) is 1.71. The molecule has 1 rings (SSSR count). The monoisotopic (exact) mass is 198 g/mol. The van der Waals surface area contributed by atoms with Gasteiger partial charge in [-0.3, -0.25) is 0 Å². The van der Waals surface area contributed by atoms with Gasteiger partial charge in [-0.25, -0.2) is 0 Å². The van der Waals surface area contributed by atoms with Crippen LogP contribution < -0.4 is 10.6 Å². The summed E-state index contributed by atoms with van der Waals surface area (Å²) in [6.07, 6.45) is -4.13. The Bertz CT molecular complexity index is 145. The van der Waals surface area contributed by atoms with E-state index in [-0.39, 0.29) is 6.04 Å². The van der Waals surface area contributed by atoms with Gasteiger partial charge in [-0.05, 0) is 0 Å². The van der Waals surface area contributed by atoms with Crippen molar-refractivity contribution >= 4 is 0 Å². The Morgan fingerprint density at radius 2 is 2.23 bits per heavy atom. The average Bonchev–Trinajstić information content (AvgIpc) is 2.04. The topological polar surface area (TPSA) is 33.3 Å². The first-order chi connectivity index (χ1) is 6.08. The molecule has 1 saturated heterocycles. The Labute approximate surface area is 74.6 Å². The molecule has 1 unspecified atom stereocenters. The number of halogens is 3. The first-order valence-electron chi connectivity index (χ1n) is 4.16. The molecule has 1 aliphatic heterocycles. The highest BCUT2D eigenvalue weighted by Gasteiger charge is 2.26. The van der Waals surface area contributed by atoms with Gasteiger partial charge in [0.2, 0.25) is 0 Å². The first-order valence-corrected chi connectivity index (χ1v) is 4.16. The smallest absolute Gasteiger partial charge is 0.378 e. The summed E-state index contributed by atoms with van der Waals surface area (Å²) in [4.78, 5) is 0. The molecule has 78 valence electrons. The van der Waals surface area contributed by atoms with Gasteiger partial charge in [0.1, 0.15) is 0 Å². The molecule has 13 heavy (non-hydrogen) atoms. The van der Waals surface area contributed by atoms with Crippen molar-refractivity contribution in [3.05, 3.63) is 0 Å². The fourth-order valence-electron chi connectivity index (χ4n) is 1.14. The lowest BCUT2D eigenvalue weighted by Crippen LogP contribution is -2.48. The maximum absolute atomic E-state index is 11.7. The van der Waals surface area contributed by atoms with Crippen LogP contribution >= 0.6 is 0 Å². The molecule has 0 aliphatic carbocycles. The summed E-state index contributed by atoms with van der Waals surface area (Å²) in [6.45, 7) is 1.17. The minimum Gasteiger partial charge on any atom is -0.378 e. The van der Waals surface area contributed by atoms with Crippen LogP contribution in [0.5, 0.6) is 0 Å². The zero-order chi connectivity index (χ0) is 9.73. The molecular weight excluding hydrogens is 185 g/mol. The lowest BCUT2D eigenvalue weighted by atomic mass is 10.3. The van der Waals surface area contributed by atoms with Crippen molar-refractivity contribution in [3.63, 3.8) is 0 Å². The molecule has 0 spiro atoms. The maximum atomic E-state index is 11.7. The summed E-state index contributed by atoms with van der Waals surface area (Å²) in [5.41, 5.74) is 0. The molecule has 1 atom stereocenters. The highest BCUT2D eigenvalue weighted by Crippen LogP contribution is 2.11. The molecule has 0 aromatic rings. The molecule has 2 N–H and O–H groups in total. The van der Waals surface area contributed by atoms with Crippen LogP contribution in [0.1, 0.15) is 0 Å². The Hall–Kier alpha value is -0.330. The molecule has 1 aliphatic rings. The van der Waals surface area contributed by atoms with E-state index in [1.807, 2.05) is 0 Å². The van der Waals surface area contributed by atoms with Crippen LogP contribution in [-0.2, 0) is 4.74 Å². The Morgan fingerprint density at radius 3 is 2.77 bits per heavy atom. The van der Waals surface area contributed by atoms with E-state index in [0.717, 1.165) is 0 Å². The number of nitrogens with one attached hydrogen (secondary N) is 2. The van der Waals surface area contributed by atoms with Gasteiger partial charge in [0.15, 0.2) is 0 Å². The van der Waals surface area contributed by atoms with Gasteiger partial charge in [0.05, 0.1) is 19.8 Å². The van der Waals surface area contributed by atoms with Crippen molar-refractivity contribution in [1.29, 1.82) is 0 Å². The number of ether oxygens (including phenoxy) is 1. The zero-order valence-electron chi connectivity index (χ0n) is 7.16. The van der Waals surface area contributed by atoms with Gasteiger partial charge < -0.3 is 15.4 Å². The predicted octanol–water partition coefficient (Wildman–Crippen LogP) is 0.127. The molecule has 6 heteroatoms. The molecular formula is C7H13F3N2O. The second kappa shape index (κ2) is 4.78. The summed E-state index contributed by atoms with van der Waals surface area (Å²) in [7, 11) is 0. The van der Waals surface area contributed by atoms with Crippen LogP contribution in [0.4, 0.5) is 13.2 Å². The SMILES string of the molecule is FC(F)(F)CNCC1COCCN1. The minimum absolute atomic E-state index is 0.00361. The quantitative estimate of drug-likeness (QED) is 0.676. The third kappa shape index (κ3) is 5.07.